The smallest absolute Gasteiger partial charge is 0.260 e. The van der Waals surface area contributed by atoms with Gasteiger partial charge >= 0.3 is 0 Å². The fourth-order valence-corrected chi connectivity index (χ4v) is 2.04. The molecule has 0 bridgehead atoms. The van der Waals surface area contributed by atoms with Crippen LogP contribution >= 0.6 is 0 Å². The van der Waals surface area contributed by atoms with E-state index in [0.717, 1.165) is 5.56 Å². The van der Waals surface area contributed by atoms with E-state index in [1.807, 2.05) is 31.2 Å². The molecule has 3 aromatic rings. The van der Waals surface area contributed by atoms with E-state index in [4.69, 9.17) is 4.74 Å². The maximum absolute atomic E-state index is 12.1. The van der Waals surface area contributed by atoms with Crippen LogP contribution in [0.25, 0.3) is 22.4 Å². The summed E-state index contributed by atoms with van der Waals surface area (Å²) in [5.74, 6) is 1.15. The second-order valence-electron chi connectivity index (χ2n) is 4.22. The van der Waals surface area contributed by atoms with Crippen LogP contribution in [0.4, 0.5) is 0 Å². The lowest BCUT2D eigenvalue weighted by Gasteiger charge is -2.09. The van der Waals surface area contributed by atoms with Gasteiger partial charge in [0.15, 0.2) is 5.65 Å². The van der Waals surface area contributed by atoms with Gasteiger partial charge in [-0.15, -0.1) is 0 Å². The summed E-state index contributed by atoms with van der Waals surface area (Å²) in [6.07, 6.45) is 1.62. The molecule has 100 valence electrons. The number of hydrogen-bond donors (Lipinski definition) is 1. The number of H-pyrrole nitrogens is 1. The zero-order valence-electron chi connectivity index (χ0n) is 11.0. The van der Waals surface area contributed by atoms with Crippen molar-refractivity contribution in [3.05, 3.63) is 52.9 Å². The van der Waals surface area contributed by atoms with Crippen molar-refractivity contribution in [2.75, 3.05) is 6.61 Å². The molecule has 0 atom stereocenters. The van der Waals surface area contributed by atoms with Crippen molar-refractivity contribution < 1.29 is 4.74 Å². The number of ether oxygens (including phenoxy) is 1. The molecule has 0 aliphatic rings. The molecule has 0 radical (unpaired) electrons. The number of benzene rings is 1. The summed E-state index contributed by atoms with van der Waals surface area (Å²) in [6.45, 7) is 2.46. The highest BCUT2D eigenvalue weighted by Gasteiger charge is 2.10. The summed E-state index contributed by atoms with van der Waals surface area (Å²) in [7, 11) is 0. The lowest BCUT2D eigenvalue weighted by atomic mass is 10.2. The Hall–Kier alpha value is -2.69. The Labute approximate surface area is 115 Å². The third-order valence-electron chi connectivity index (χ3n) is 2.92. The van der Waals surface area contributed by atoms with Crippen LogP contribution < -0.4 is 10.3 Å². The Morgan fingerprint density at radius 1 is 1.20 bits per heavy atom. The number of aromatic nitrogens is 3. The van der Waals surface area contributed by atoms with E-state index in [1.165, 1.54) is 0 Å². The van der Waals surface area contributed by atoms with E-state index in [2.05, 4.69) is 15.0 Å². The summed E-state index contributed by atoms with van der Waals surface area (Å²) in [5.41, 5.74) is 0.973. The molecule has 0 aliphatic heterocycles. The number of fused-ring (bicyclic) bond motifs is 1. The van der Waals surface area contributed by atoms with E-state index in [9.17, 15) is 4.79 Å². The molecule has 0 saturated heterocycles. The zero-order valence-corrected chi connectivity index (χ0v) is 11.0. The van der Waals surface area contributed by atoms with Gasteiger partial charge in [0.1, 0.15) is 11.6 Å². The van der Waals surface area contributed by atoms with E-state index in [-0.39, 0.29) is 5.56 Å². The second kappa shape index (κ2) is 5.13. The molecule has 0 spiro atoms. The van der Waals surface area contributed by atoms with E-state index < -0.39 is 0 Å². The van der Waals surface area contributed by atoms with Crippen molar-refractivity contribution >= 4 is 11.0 Å². The van der Waals surface area contributed by atoms with Crippen molar-refractivity contribution in [2.45, 2.75) is 6.92 Å². The highest BCUT2D eigenvalue weighted by Crippen LogP contribution is 2.26. The van der Waals surface area contributed by atoms with Gasteiger partial charge in [0.05, 0.1) is 17.6 Å². The Morgan fingerprint density at radius 3 is 2.90 bits per heavy atom. The van der Waals surface area contributed by atoms with Gasteiger partial charge in [-0.25, -0.2) is 9.97 Å². The van der Waals surface area contributed by atoms with Crippen molar-refractivity contribution in [1.29, 1.82) is 0 Å². The normalized spacial score (nSPS) is 10.7. The van der Waals surface area contributed by atoms with Gasteiger partial charge in [-0.2, -0.15) is 0 Å². The molecule has 3 rings (SSSR count). The molecule has 0 aliphatic carbocycles. The summed E-state index contributed by atoms with van der Waals surface area (Å²) in [5, 5.41) is 0.477. The molecule has 0 unspecified atom stereocenters. The van der Waals surface area contributed by atoms with Crippen molar-refractivity contribution in [3.8, 4) is 17.1 Å². The summed E-state index contributed by atoms with van der Waals surface area (Å²) < 4.78 is 5.56. The number of para-hydroxylation sites is 1. The molecule has 20 heavy (non-hydrogen) atoms. The molecule has 2 aromatic heterocycles. The molecular formula is C15H13N3O2. The zero-order chi connectivity index (χ0) is 13.9. The number of nitrogens with one attached hydrogen (secondary N) is 1. The predicted octanol–water partition coefficient (Wildman–Crippen LogP) is 2.38. The monoisotopic (exact) mass is 267 g/mol. The van der Waals surface area contributed by atoms with Gasteiger partial charge in [0.25, 0.3) is 5.56 Å². The average Bonchev–Trinajstić information content (AvgIpc) is 2.48. The van der Waals surface area contributed by atoms with E-state index >= 15 is 0 Å². The van der Waals surface area contributed by atoms with Gasteiger partial charge in [0, 0.05) is 6.20 Å². The molecule has 0 saturated carbocycles. The molecule has 2 heterocycles. The van der Waals surface area contributed by atoms with Crippen LogP contribution in [-0.2, 0) is 0 Å². The first kappa shape index (κ1) is 12.3. The highest BCUT2D eigenvalue weighted by molar-refractivity contribution is 5.76. The minimum atomic E-state index is -0.204. The standard InChI is InChI=1S/C15H13N3O2/c1-2-20-12-8-4-3-6-10(12)14-17-13-11(15(19)18-14)7-5-9-16-13/h3-9H,2H2,1H3,(H,16,17,18,19). The lowest BCUT2D eigenvalue weighted by Crippen LogP contribution is -2.10. The lowest BCUT2D eigenvalue weighted by molar-refractivity contribution is 0.341. The van der Waals surface area contributed by atoms with Crippen LogP contribution in [0.15, 0.2) is 47.4 Å². The van der Waals surface area contributed by atoms with Crippen molar-refractivity contribution in [2.24, 2.45) is 0 Å². The van der Waals surface area contributed by atoms with E-state index in [0.29, 0.717) is 29.2 Å². The molecule has 1 N–H and O–H groups in total. The van der Waals surface area contributed by atoms with Gasteiger partial charge in [0.2, 0.25) is 0 Å². The van der Waals surface area contributed by atoms with Crippen LogP contribution in [0.1, 0.15) is 6.92 Å². The number of pyridine rings is 1. The first-order valence-corrected chi connectivity index (χ1v) is 6.37. The quantitative estimate of drug-likeness (QED) is 0.791. The number of aromatic amines is 1. The molecule has 0 amide bonds. The maximum Gasteiger partial charge on any atom is 0.260 e. The van der Waals surface area contributed by atoms with Crippen LogP contribution in [0.3, 0.4) is 0 Å². The van der Waals surface area contributed by atoms with Gasteiger partial charge in [-0.05, 0) is 31.2 Å². The maximum atomic E-state index is 12.1. The third kappa shape index (κ3) is 2.14. The van der Waals surface area contributed by atoms with Crippen LogP contribution in [0.2, 0.25) is 0 Å². The Balaban J connectivity index is 2.23. The van der Waals surface area contributed by atoms with Crippen LogP contribution in [-0.4, -0.2) is 21.6 Å². The number of rotatable bonds is 3. The van der Waals surface area contributed by atoms with Crippen LogP contribution in [0.5, 0.6) is 5.75 Å². The third-order valence-corrected chi connectivity index (χ3v) is 2.92. The Morgan fingerprint density at radius 2 is 2.05 bits per heavy atom. The largest absolute Gasteiger partial charge is 0.493 e. The second-order valence-corrected chi connectivity index (χ2v) is 4.22. The fraction of sp³-hybridized carbons (Fsp3) is 0.133. The summed E-state index contributed by atoms with van der Waals surface area (Å²) in [4.78, 5) is 23.4. The molecule has 5 heteroatoms. The SMILES string of the molecule is CCOc1ccccc1-c1nc2ncccc2c(=O)[nH]1. The van der Waals surface area contributed by atoms with Crippen molar-refractivity contribution in [3.63, 3.8) is 0 Å². The van der Waals surface area contributed by atoms with Crippen molar-refractivity contribution in [1.82, 2.24) is 15.0 Å². The first-order valence-electron chi connectivity index (χ1n) is 6.37. The average molecular weight is 267 g/mol. The topological polar surface area (TPSA) is 67.9 Å². The molecule has 0 fully saturated rings. The summed E-state index contributed by atoms with van der Waals surface area (Å²) in [6, 6.07) is 10.9. The van der Waals surface area contributed by atoms with Gasteiger partial charge < -0.3 is 9.72 Å². The Kier molecular flexibility index (Phi) is 3.16. The molecule has 5 nitrogen and oxygen atoms in total. The number of nitrogens with zero attached hydrogens (tertiary/aromatic N) is 2. The van der Waals surface area contributed by atoms with E-state index in [1.54, 1.807) is 18.3 Å². The Bertz CT molecular complexity index is 811. The van der Waals surface area contributed by atoms with Gasteiger partial charge in [-0.3, -0.25) is 4.79 Å². The molecule has 1 aromatic carbocycles. The molecular weight excluding hydrogens is 254 g/mol. The van der Waals surface area contributed by atoms with Gasteiger partial charge in [-0.1, -0.05) is 12.1 Å². The minimum absolute atomic E-state index is 0.204. The predicted molar refractivity (Wildman–Crippen MR) is 76.8 cm³/mol. The first-order chi connectivity index (χ1) is 9.79. The number of hydrogen-bond acceptors (Lipinski definition) is 4. The minimum Gasteiger partial charge on any atom is -0.493 e. The highest BCUT2D eigenvalue weighted by atomic mass is 16.5. The van der Waals surface area contributed by atoms with Crippen LogP contribution in [0, 0.1) is 0 Å². The fourth-order valence-electron chi connectivity index (χ4n) is 2.04. The summed E-state index contributed by atoms with van der Waals surface area (Å²) >= 11 is 0.